The minimum atomic E-state index is 0.167. The third kappa shape index (κ3) is 13.5. The van der Waals surface area contributed by atoms with Crippen molar-refractivity contribution in [3.63, 3.8) is 0 Å². The van der Waals surface area contributed by atoms with E-state index in [4.69, 9.17) is 0 Å². The van der Waals surface area contributed by atoms with Crippen molar-refractivity contribution in [2.45, 2.75) is 117 Å². The average molecular weight is 402 g/mol. The van der Waals surface area contributed by atoms with Crippen LogP contribution in [0.15, 0.2) is 30.3 Å². The monoisotopic (exact) mass is 401 g/mol. The fourth-order valence-corrected chi connectivity index (χ4v) is 4.14. The first-order chi connectivity index (χ1) is 14.2. The van der Waals surface area contributed by atoms with Gasteiger partial charge in [-0.2, -0.15) is 0 Å². The fraction of sp³-hybridized carbons (Fsp3) is 0.741. The Balaban J connectivity index is 2.12. The van der Waals surface area contributed by atoms with Gasteiger partial charge in [-0.15, -0.1) is 0 Å². The van der Waals surface area contributed by atoms with Gasteiger partial charge in [-0.3, -0.25) is 4.79 Å². The molecule has 0 aliphatic carbocycles. The van der Waals surface area contributed by atoms with Crippen molar-refractivity contribution in [2.24, 2.45) is 11.8 Å². The maximum absolute atomic E-state index is 12.5. The number of benzene rings is 1. The van der Waals surface area contributed by atoms with Gasteiger partial charge in [0.1, 0.15) is 0 Å². The van der Waals surface area contributed by atoms with Gasteiger partial charge in [-0.1, -0.05) is 122 Å². The SMILES string of the molecule is CCCCCCCCCCCCCCC(CC(=O)Nc1ccccc1)C(C)CC. The maximum atomic E-state index is 12.5. The summed E-state index contributed by atoms with van der Waals surface area (Å²) in [5, 5.41) is 3.06. The second-order valence-corrected chi connectivity index (χ2v) is 8.94. The number of hydrogen-bond donors (Lipinski definition) is 1. The highest BCUT2D eigenvalue weighted by molar-refractivity contribution is 5.90. The number of anilines is 1. The van der Waals surface area contributed by atoms with E-state index in [1.54, 1.807) is 0 Å². The topological polar surface area (TPSA) is 29.1 Å². The highest BCUT2D eigenvalue weighted by Gasteiger charge is 2.19. The van der Waals surface area contributed by atoms with E-state index in [9.17, 15) is 4.79 Å². The Morgan fingerprint density at radius 2 is 1.31 bits per heavy atom. The zero-order valence-electron chi connectivity index (χ0n) is 19.6. The van der Waals surface area contributed by atoms with Crippen molar-refractivity contribution in [1.29, 1.82) is 0 Å². The Bertz CT molecular complexity index is 499. The van der Waals surface area contributed by atoms with Crippen molar-refractivity contribution in [3.8, 4) is 0 Å². The quantitative estimate of drug-likeness (QED) is 0.245. The van der Waals surface area contributed by atoms with Gasteiger partial charge in [-0.05, 0) is 30.4 Å². The van der Waals surface area contributed by atoms with Gasteiger partial charge in [-0.25, -0.2) is 0 Å². The molecule has 1 aromatic carbocycles. The molecule has 2 heteroatoms. The standard InChI is InChI=1S/C27H47NO/c1-4-6-7-8-9-10-11-12-13-14-15-17-20-25(24(3)5-2)23-27(29)28-26-21-18-16-19-22-26/h16,18-19,21-22,24-25H,4-15,17,20,23H2,1-3H3,(H,28,29). The molecular weight excluding hydrogens is 354 g/mol. The van der Waals surface area contributed by atoms with Crippen molar-refractivity contribution in [1.82, 2.24) is 0 Å². The van der Waals surface area contributed by atoms with Gasteiger partial charge in [0.2, 0.25) is 5.91 Å². The van der Waals surface area contributed by atoms with Crippen LogP contribution < -0.4 is 5.32 Å². The van der Waals surface area contributed by atoms with Crippen molar-refractivity contribution in [2.75, 3.05) is 5.32 Å². The molecule has 0 saturated carbocycles. The molecule has 0 fully saturated rings. The van der Waals surface area contributed by atoms with Crippen molar-refractivity contribution >= 4 is 11.6 Å². The van der Waals surface area contributed by atoms with Crippen LogP contribution in [0.25, 0.3) is 0 Å². The minimum Gasteiger partial charge on any atom is -0.326 e. The molecule has 1 rings (SSSR count). The van der Waals surface area contributed by atoms with E-state index in [1.165, 1.54) is 83.5 Å². The smallest absolute Gasteiger partial charge is 0.224 e. The second kappa shape index (κ2) is 17.5. The fourth-order valence-electron chi connectivity index (χ4n) is 4.14. The summed E-state index contributed by atoms with van der Waals surface area (Å²) in [6, 6.07) is 9.83. The zero-order valence-corrected chi connectivity index (χ0v) is 19.6. The Kier molecular flexibility index (Phi) is 15.6. The Morgan fingerprint density at radius 3 is 1.83 bits per heavy atom. The minimum absolute atomic E-state index is 0.167. The zero-order chi connectivity index (χ0) is 21.2. The predicted octanol–water partition coefficient (Wildman–Crippen LogP) is 8.77. The summed E-state index contributed by atoms with van der Waals surface area (Å²) in [7, 11) is 0. The molecule has 1 N–H and O–H groups in total. The van der Waals surface area contributed by atoms with Crippen LogP contribution in [0.2, 0.25) is 0 Å². The van der Waals surface area contributed by atoms with Gasteiger partial charge in [0, 0.05) is 12.1 Å². The van der Waals surface area contributed by atoms with Crippen LogP contribution in [0.4, 0.5) is 5.69 Å². The summed E-state index contributed by atoms with van der Waals surface area (Å²) < 4.78 is 0. The first-order valence-electron chi connectivity index (χ1n) is 12.5. The Morgan fingerprint density at radius 1 is 0.793 bits per heavy atom. The summed E-state index contributed by atoms with van der Waals surface area (Å²) >= 11 is 0. The molecule has 0 heterocycles. The lowest BCUT2D eigenvalue weighted by atomic mass is 9.84. The third-order valence-corrected chi connectivity index (χ3v) is 6.38. The van der Waals surface area contributed by atoms with E-state index in [0.29, 0.717) is 18.3 Å². The number of rotatable bonds is 18. The molecule has 0 aromatic heterocycles. The Labute approximate surface area is 181 Å². The van der Waals surface area contributed by atoms with Gasteiger partial charge >= 0.3 is 0 Å². The van der Waals surface area contributed by atoms with Crippen molar-refractivity contribution < 1.29 is 4.79 Å². The molecule has 2 nitrogen and oxygen atoms in total. The van der Waals surface area contributed by atoms with Crippen LogP contribution in [0.5, 0.6) is 0 Å². The van der Waals surface area contributed by atoms with Crippen LogP contribution in [0.1, 0.15) is 117 Å². The van der Waals surface area contributed by atoms with Crippen LogP contribution in [-0.2, 0) is 4.79 Å². The second-order valence-electron chi connectivity index (χ2n) is 8.94. The van der Waals surface area contributed by atoms with Crippen LogP contribution in [0.3, 0.4) is 0 Å². The van der Waals surface area contributed by atoms with E-state index in [-0.39, 0.29) is 5.91 Å². The van der Waals surface area contributed by atoms with Crippen LogP contribution in [0, 0.1) is 11.8 Å². The first-order valence-corrected chi connectivity index (χ1v) is 12.5. The van der Waals surface area contributed by atoms with E-state index < -0.39 is 0 Å². The van der Waals surface area contributed by atoms with E-state index >= 15 is 0 Å². The molecule has 0 spiro atoms. The van der Waals surface area contributed by atoms with Gasteiger partial charge in [0.05, 0.1) is 0 Å². The number of carbonyl (C=O) groups is 1. The first kappa shape index (κ1) is 25.7. The number of amides is 1. The highest BCUT2D eigenvalue weighted by Crippen LogP contribution is 2.26. The Hall–Kier alpha value is -1.31. The van der Waals surface area contributed by atoms with E-state index in [2.05, 4.69) is 26.1 Å². The summed E-state index contributed by atoms with van der Waals surface area (Å²) in [4.78, 5) is 12.5. The number of nitrogens with one attached hydrogen (secondary N) is 1. The lowest BCUT2D eigenvalue weighted by molar-refractivity contribution is -0.117. The lowest BCUT2D eigenvalue weighted by Gasteiger charge is -2.22. The third-order valence-electron chi connectivity index (χ3n) is 6.38. The maximum Gasteiger partial charge on any atom is 0.224 e. The largest absolute Gasteiger partial charge is 0.326 e. The number of hydrogen-bond acceptors (Lipinski definition) is 1. The van der Waals surface area contributed by atoms with Crippen LogP contribution in [-0.4, -0.2) is 5.91 Å². The van der Waals surface area contributed by atoms with E-state index in [0.717, 1.165) is 12.1 Å². The summed E-state index contributed by atoms with van der Waals surface area (Å²) in [6.07, 6.45) is 19.6. The number of carbonyl (C=O) groups excluding carboxylic acids is 1. The molecule has 1 amide bonds. The van der Waals surface area contributed by atoms with Gasteiger partial charge in [0.25, 0.3) is 0 Å². The van der Waals surface area contributed by atoms with Gasteiger partial charge < -0.3 is 5.32 Å². The molecule has 166 valence electrons. The molecule has 0 aliphatic rings. The molecular formula is C27H47NO. The molecule has 2 atom stereocenters. The molecule has 0 radical (unpaired) electrons. The van der Waals surface area contributed by atoms with Gasteiger partial charge in [0.15, 0.2) is 0 Å². The molecule has 29 heavy (non-hydrogen) atoms. The molecule has 2 unspecified atom stereocenters. The lowest BCUT2D eigenvalue weighted by Crippen LogP contribution is -2.21. The highest BCUT2D eigenvalue weighted by atomic mass is 16.1. The molecule has 0 saturated heterocycles. The van der Waals surface area contributed by atoms with Crippen LogP contribution >= 0.6 is 0 Å². The molecule has 0 aliphatic heterocycles. The molecule has 1 aromatic rings. The summed E-state index contributed by atoms with van der Waals surface area (Å²) in [5.74, 6) is 1.29. The predicted molar refractivity (Wildman–Crippen MR) is 128 cm³/mol. The van der Waals surface area contributed by atoms with Crippen molar-refractivity contribution in [3.05, 3.63) is 30.3 Å². The summed E-state index contributed by atoms with van der Waals surface area (Å²) in [5.41, 5.74) is 0.908. The average Bonchev–Trinajstić information content (AvgIpc) is 2.73. The molecule has 0 bridgehead atoms. The number of unbranched alkanes of at least 4 members (excludes halogenated alkanes) is 11. The summed E-state index contributed by atoms with van der Waals surface area (Å²) in [6.45, 7) is 6.83. The van der Waals surface area contributed by atoms with E-state index in [1.807, 2.05) is 30.3 Å². The number of para-hydroxylation sites is 1. The normalized spacial score (nSPS) is 13.2.